The molecule has 1 aromatic heterocycles. The maximum Gasteiger partial charge on any atom is 0.433 e. The normalized spacial score (nSPS) is 13.4. The molecule has 1 unspecified atom stereocenters. The van der Waals surface area contributed by atoms with E-state index in [-0.39, 0.29) is 5.82 Å². The first-order valence-electron chi connectivity index (χ1n) is 5.17. The van der Waals surface area contributed by atoms with Gasteiger partial charge >= 0.3 is 6.18 Å². The fourth-order valence-corrected chi connectivity index (χ4v) is 2.14. The average molecular weight is 300 g/mol. The summed E-state index contributed by atoms with van der Waals surface area (Å²) in [5.41, 5.74) is -1.04. The molecule has 0 amide bonds. The summed E-state index contributed by atoms with van der Waals surface area (Å²) in [6.45, 7) is 2.53. The van der Waals surface area contributed by atoms with Gasteiger partial charge in [-0.25, -0.2) is 9.97 Å². The third-order valence-corrected chi connectivity index (χ3v) is 3.14. The minimum absolute atomic E-state index is 0.0929. The van der Waals surface area contributed by atoms with Gasteiger partial charge in [0.1, 0.15) is 5.82 Å². The Hall–Kier alpha value is -0.690. The molecule has 8 heteroatoms. The van der Waals surface area contributed by atoms with Gasteiger partial charge in [0.05, 0.1) is 0 Å². The lowest BCUT2D eigenvalue weighted by Gasteiger charge is -2.13. The van der Waals surface area contributed by atoms with E-state index >= 15 is 0 Å². The molecule has 1 heterocycles. The highest BCUT2D eigenvalue weighted by atomic mass is 35.5. The molecule has 1 N–H and O–H groups in total. The highest BCUT2D eigenvalue weighted by Gasteiger charge is 2.33. The van der Waals surface area contributed by atoms with Crippen molar-refractivity contribution in [3.05, 3.63) is 17.0 Å². The minimum atomic E-state index is -4.52. The van der Waals surface area contributed by atoms with Crippen LogP contribution in [0, 0.1) is 5.92 Å². The van der Waals surface area contributed by atoms with Crippen molar-refractivity contribution in [2.75, 3.05) is 23.9 Å². The number of halogens is 4. The number of thioether (sulfide) groups is 1. The molecule has 0 saturated carbocycles. The van der Waals surface area contributed by atoms with E-state index < -0.39 is 17.2 Å². The van der Waals surface area contributed by atoms with Gasteiger partial charge in [-0.3, -0.25) is 0 Å². The summed E-state index contributed by atoms with van der Waals surface area (Å²) in [5, 5.41) is 2.42. The number of aromatic nitrogens is 2. The van der Waals surface area contributed by atoms with Crippen molar-refractivity contribution >= 4 is 29.2 Å². The quantitative estimate of drug-likeness (QED) is 0.844. The van der Waals surface area contributed by atoms with Gasteiger partial charge in [0.2, 0.25) is 5.28 Å². The lowest BCUT2D eigenvalue weighted by atomic mass is 10.2. The van der Waals surface area contributed by atoms with Crippen molar-refractivity contribution in [2.45, 2.75) is 13.1 Å². The summed E-state index contributed by atoms with van der Waals surface area (Å²) in [6, 6.07) is 0.859. The molecule has 18 heavy (non-hydrogen) atoms. The largest absolute Gasteiger partial charge is 0.433 e. The van der Waals surface area contributed by atoms with Crippen molar-refractivity contribution in [1.29, 1.82) is 0 Å². The van der Waals surface area contributed by atoms with Crippen LogP contribution < -0.4 is 5.32 Å². The van der Waals surface area contributed by atoms with Gasteiger partial charge in [0.25, 0.3) is 0 Å². The molecule has 0 bridgehead atoms. The van der Waals surface area contributed by atoms with Crippen LogP contribution in [0.1, 0.15) is 12.6 Å². The molecule has 0 fully saturated rings. The van der Waals surface area contributed by atoms with Gasteiger partial charge in [0.15, 0.2) is 5.69 Å². The van der Waals surface area contributed by atoms with Gasteiger partial charge in [-0.05, 0) is 29.5 Å². The lowest BCUT2D eigenvalue weighted by Crippen LogP contribution is -2.16. The molecule has 0 radical (unpaired) electrons. The predicted octanol–water partition coefficient (Wildman–Crippen LogP) is 3.56. The molecule has 0 spiro atoms. The van der Waals surface area contributed by atoms with Gasteiger partial charge in [-0.15, -0.1) is 0 Å². The fraction of sp³-hybridized carbons (Fsp3) is 0.600. The molecule has 0 aromatic carbocycles. The number of anilines is 1. The van der Waals surface area contributed by atoms with Crippen molar-refractivity contribution < 1.29 is 13.2 Å². The van der Waals surface area contributed by atoms with E-state index in [1.165, 1.54) is 0 Å². The second kappa shape index (κ2) is 6.47. The summed E-state index contributed by atoms with van der Waals surface area (Å²) < 4.78 is 37.5. The van der Waals surface area contributed by atoms with Crippen LogP contribution in [0.4, 0.5) is 19.0 Å². The Morgan fingerprint density at radius 1 is 1.44 bits per heavy atom. The van der Waals surface area contributed by atoms with E-state index in [1.54, 1.807) is 11.8 Å². The SMILES string of the molecule is CSCC(C)CNc1cc(C(F)(F)F)nc(Cl)n1. The topological polar surface area (TPSA) is 37.8 Å². The molecule has 3 nitrogen and oxygen atoms in total. The standard InChI is InChI=1S/C10H13ClF3N3S/c1-6(5-18-2)4-15-8-3-7(10(12,13)14)16-9(11)17-8/h3,6H,4-5H2,1-2H3,(H,15,16,17). The molecule has 0 aliphatic heterocycles. The minimum Gasteiger partial charge on any atom is -0.370 e. The third kappa shape index (κ3) is 4.89. The van der Waals surface area contributed by atoms with Crippen LogP contribution in [0.3, 0.4) is 0 Å². The van der Waals surface area contributed by atoms with Gasteiger partial charge < -0.3 is 5.32 Å². The number of hydrogen-bond acceptors (Lipinski definition) is 4. The highest BCUT2D eigenvalue weighted by molar-refractivity contribution is 7.98. The summed E-state index contributed by atoms with van der Waals surface area (Å²) >= 11 is 7.14. The zero-order chi connectivity index (χ0) is 13.8. The van der Waals surface area contributed by atoms with E-state index in [4.69, 9.17) is 11.6 Å². The monoisotopic (exact) mass is 299 g/mol. The number of nitrogens with one attached hydrogen (secondary N) is 1. The Labute approximate surface area is 113 Å². The summed E-state index contributed by atoms with van der Waals surface area (Å²) in [5.74, 6) is 1.33. The van der Waals surface area contributed by atoms with Crippen molar-refractivity contribution in [3.63, 3.8) is 0 Å². The zero-order valence-electron chi connectivity index (χ0n) is 9.88. The first-order chi connectivity index (χ1) is 8.32. The van der Waals surface area contributed by atoms with Gasteiger partial charge in [-0.2, -0.15) is 24.9 Å². The smallest absolute Gasteiger partial charge is 0.370 e. The van der Waals surface area contributed by atoms with Crippen LogP contribution in [0.25, 0.3) is 0 Å². The summed E-state index contributed by atoms with van der Waals surface area (Å²) in [4.78, 5) is 6.87. The molecule has 0 aliphatic rings. The predicted molar refractivity (Wildman–Crippen MR) is 68.1 cm³/mol. The molecule has 102 valence electrons. The van der Waals surface area contributed by atoms with Gasteiger partial charge in [-0.1, -0.05) is 6.92 Å². The number of hydrogen-bond donors (Lipinski definition) is 1. The number of rotatable bonds is 5. The van der Waals surface area contributed by atoms with E-state index in [1.807, 2.05) is 13.2 Å². The first-order valence-corrected chi connectivity index (χ1v) is 6.94. The molecule has 0 aliphatic carbocycles. The molecule has 1 aromatic rings. The van der Waals surface area contributed by atoms with Crippen LogP contribution in [0.2, 0.25) is 5.28 Å². The lowest BCUT2D eigenvalue weighted by molar-refractivity contribution is -0.141. The van der Waals surface area contributed by atoms with Crippen LogP contribution in [-0.4, -0.2) is 28.5 Å². The second-order valence-electron chi connectivity index (χ2n) is 3.85. The van der Waals surface area contributed by atoms with Gasteiger partial charge in [0, 0.05) is 12.6 Å². The molecular formula is C10H13ClF3N3S. The van der Waals surface area contributed by atoms with Crippen LogP contribution >= 0.6 is 23.4 Å². The van der Waals surface area contributed by atoms with E-state index in [0.29, 0.717) is 12.5 Å². The second-order valence-corrected chi connectivity index (χ2v) is 5.10. The number of alkyl halides is 3. The summed E-state index contributed by atoms with van der Waals surface area (Å²) in [6.07, 6.45) is -2.55. The van der Waals surface area contributed by atoms with Crippen molar-refractivity contribution in [1.82, 2.24) is 9.97 Å². The average Bonchev–Trinajstić information content (AvgIpc) is 2.25. The van der Waals surface area contributed by atoms with E-state index in [0.717, 1.165) is 11.8 Å². The Kier molecular flexibility index (Phi) is 5.52. The third-order valence-electron chi connectivity index (χ3n) is 2.07. The molecule has 0 saturated heterocycles. The zero-order valence-corrected chi connectivity index (χ0v) is 11.5. The molecule has 1 rings (SSSR count). The molecular weight excluding hydrogens is 287 g/mol. The Morgan fingerprint density at radius 3 is 2.67 bits per heavy atom. The van der Waals surface area contributed by atoms with Crippen LogP contribution in [0.5, 0.6) is 0 Å². The summed E-state index contributed by atoms with van der Waals surface area (Å²) in [7, 11) is 0. The van der Waals surface area contributed by atoms with E-state index in [9.17, 15) is 13.2 Å². The Morgan fingerprint density at radius 2 is 2.11 bits per heavy atom. The van der Waals surface area contributed by atoms with E-state index in [2.05, 4.69) is 15.3 Å². The highest BCUT2D eigenvalue weighted by Crippen LogP contribution is 2.29. The van der Waals surface area contributed by atoms with Crippen molar-refractivity contribution in [3.8, 4) is 0 Å². The maximum absolute atomic E-state index is 12.5. The molecule has 1 atom stereocenters. The van der Waals surface area contributed by atoms with Crippen molar-refractivity contribution in [2.24, 2.45) is 5.92 Å². The Bertz CT molecular complexity index is 400. The first kappa shape index (κ1) is 15.4. The van der Waals surface area contributed by atoms with Crippen LogP contribution in [0.15, 0.2) is 6.07 Å². The number of nitrogens with zero attached hydrogens (tertiary/aromatic N) is 2. The van der Waals surface area contributed by atoms with Crippen LogP contribution in [-0.2, 0) is 6.18 Å². The fourth-order valence-electron chi connectivity index (χ4n) is 1.28. The maximum atomic E-state index is 12.5. The Balaban J connectivity index is 2.75.